The van der Waals surface area contributed by atoms with Gasteiger partial charge in [0.1, 0.15) is 0 Å². The van der Waals surface area contributed by atoms with Gasteiger partial charge in [-0.2, -0.15) is 0 Å². The lowest BCUT2D eigenvalue weighted by Crippen LogP contribution is -2.51. The molecule has 1 saturated heterocycles. The number of halogens is 1. The molecule has 82 valence electrons. The summed E-state index contributed by atoms with van der Waals surface area (Å²) in [6, 6.07) is 0. The van der Waals surface area contributed by atoms with Crippen molar-refractivity contribution in [2.45, 2.75) is 32.5 Å². The Morgan fingerprint density at radius 2 is 2.21 bits per heavy atom. The number of allylic oxidation sites excluding steroid dienone is 1. The number of rotatable bonds is 3. The Balaban J connectivity index is 2.42. The maximum Gasteiger partial charge on any atom is 0.0757 e. The number of alkyl halides is 1. The fourth-order valence-corrected chi connectivity index (χ4v) is 2.14. The van der Waals surface area contributed by atoms with Gasteiger partial charge in [0.05, 0.1) is 11.7 Å². The van der Waals surface area contributed by atoms with E-state index in [4.69, 9.17) is 16.3 Å². The molecule has 0 aliphatic carbocycles. The van der Waals surface area contributed by atoms with Gasteiger partial charge in [0.15, 0.2) is 0 Å². The fraction of sp³-hybridized carbons (Fsp3) is 0.818. The number of hydrogen-bond acceptors (Lipinski definition) is 2. The van der Waals surface area contributed by atoms with Crippen molar-refractivity contribution < 1.29 is 4.74 Å². The van der Waals surface area contributed by atoms with E-state index in [-0.39, 0.29) is 5.60 Å². The maximum absolute atomic E-state index is 5.82. The SMILES string of the molecule is CC1CN(CC=CCCl)CC(C)(C)O1. The summed E-state index contributed by atoms with van der Waals surface area (Å²) in [4.78, 5) is 2.40. The van der Waals surface area contributed by atoms with Crippen LogP contribution >= 0.6 is 11.6 Å². The van der Waals surface area contributed by atoms with E-state index in [9.17, 15) is 0 Å². The first kappa shape index (κ1) is 12.0. The molecule has 0 aromatic carbocycles. The molecule has 0 saturated carbocycles. The third-order valence-corrected chi connectivity index (χ3v) is 2.44. The zero-order valence-corrected chi connectivity index (χ0v) is 10.0. The van der Waals surface area contributed by atoms with E-state index in [0.29, 0.717) is 12.0 Å². The molecule has 0 aromatic heterocycles. The summed E-state index contributed by atoms with van der Waals surface area (Å²) in [6.45, 7) is 9.38. The molecule has 1 rings (SSSR count). The van der Waals surface area contributed by atoms with Gasteiger partial charge in [0.2, 0.25) is 0 Å². The largest absolute Gasteiger partial charge is 0.370 e. The summed E-state index contributed by atoms with van der Waals surface area (Å²) >= 11 is 5.57. The molecule has 0 bridgehead atoms. The molecule has 0 aromatic rings. The van der Waals surface area contributed by atoms with E-state index in [1.807, 2.05) is 6.08 Å². The highest BCUT2D eigenvalue weighted by Gasteiger charge is 2.30. The molecule has 1 heterocycles. The van der Waals surface area contributed by atoms with Gasteiger partial charge in [-0.15, -0.1) is 11.6 Å². The fourth-order valence-electron chi connectivity index (χ4n) is 2.01. The van der Waals surface area contributed by atoms with Crippen LogP contribution in [-0.4, -0.2) is 42.1 Å². The van der Waals surface area contributed by atoms with Gasteiger partial charge in [-0.25, -0.2) is 0 Å². The van der Waals surface area contributed by atoms with Gasteiger partial charge in [0, 0.05) is 25.5 Å². The van der Waals surface area contributed by atoms with Crippen LogP contribution in [0.2, 0.25) is 0 Å². The Bertz CT molecular complexity index is 203. The van der Waals surface area contributed by atoms with Gasteiger partial charge in [-0.1, -0.05) is 12.2 Å². The number of nitrogens with zero attached hydrogens (tertiary/aromatic N) is 1. The molecule has 0 spiro atoms. The van der Waals surface area contributed by atoms with Gasteiger partial charge in [-0.3, -0.25) is 4.90 Å². The van der Waals surface area contributed by atoms with Crippen molar-refractivity contribution >= 4 is 11.6 Å². The highest BCUT2D eigenvalue weighted by atomic mass is 35.5. The van der Waals surface area contributed by atoms with Gasteiger partial charge in [0.25, 0.3) is 0 Å². The van der Waals surface area contributed by atoms with Gasteiger partial charge < -0.3 is 4.74 Å². The van der Waals surface area contributed by atoms with Crippen molar-refractivity contribution in [3.05, 3.63) is 12.2 Å². The van der Waals surface area contributed by atoms with E-state index in [1.165, 1.54) is 0 Å². The summed E-state index contributed by atoms with van der Waals surface area (Å²) in [5.74, 6) is 0.600. The minimum Gasteiger partial charge on any atom is -0.370 e. The number of hydrogen-bond donors (Lipinski definition) is 0. The normalized spacial score (nSPS) is 28.4. The molecule has 1 fully saturated rings. The highest BCUT2D eigenvalue weighted by molar-refractivity contribution is 6.18. The summed E-state index contributed by atoms with van der Waals surface area (Å²) in [7, 11) is 0. The topological polar surface area (TPSA) is 12.5 Å². The Labute approximate surface area is 91.9 Å². The smallest absolute Gasteiger partial charge is 0.0757 e. The zero-order valence-electron chi connectivity index (χ0n) is 9.29. The van der Waals surface area contributed by atoms with E-state index < -0.39 is 0 Å². The molecule has 1 aliphatic heterocycles. The van der Waals surface area contributed by atoms with Crippen LogP contribution in [0.25, 0.3) is 0 Å². The molecule has 3 heteroatoms. The van der Waals surface area contributed by atoms with Crippen molar-refractivity contribution in [3.63, 3.8) is 0 Å². The van der Waals surface area contributed by atoms with E-state index in [1.54, 1.807) is 0 Å². The second-order valence-electron chi connectivity index (χ2n) is 4.51. The minimum atomic E-state index is -0.0214. The summed E-state index contributed by atoms with van der Waals surface area (Å²) in [5.41, 5.74) is -0.0214. The zero-order chi connectivity index (χ0) is 10.6. The van der Waals surface area contributed by atoms with Crippen LogP contribution in [0.4, 0.5) is 0 Å². The average molecular weight is 218 g/mol. The summed E-state index contributed by atoms with van der Waals surface area (Å²) < 4.78 is 5.82. The first-order valence-corrected chi connectivity index (χ1v) is 5.68. The van der Waals surface area contributed by atoms with Crippen LogP contribution < -0.4 is 0 Å². The molecule has 1 unspecified atom stereocenters. The Morgan fingerprint density at radius 3 is 2.79 bits per heavy atom. The molecule has 14 heavy (non-hydrogen) atoms. The van der Waals surface area contributed by atoms with Crippen LogP contribution in [0, 0.1) is 0 Å². The second-order valence-corrected chi connectivity index (χ2v) is 4.82. The van der Waals surface area contributed by atoms with E-state index in [0.717, 1.165) is 19.6 Å². The average Bonchev–Trinajstić information content (AvgIpc) is 2.00. The predicted octanol–water partition coefficient (Wildman–Crippen LogP) is 2.28. The lowest BCUT2D eigenvalue weighted by Gasteiger charge is -2.41. The number of morpholine rings is 1. The molecular weight excluding hydrogens is 198 g/mol. The standard InChI is InChI=1S/C11H20ClNO/c1-10-8-13(7-5-4-6-12)9-11(2,3)14-10/h4-5,10H,6-9H2,1-3H3. The van der Waals surface area contributed by atoms with Crippen LogP contribution in [0.5, 0.6) is 0 Å². The maximum atomic E-state index is 5.82. The van der Waals surface area contributed by atoms with Crippen LogP contribution in [0.3, 0.4) is 0 Å². The van der Waals surface area contributed by atoms with Crippen molar-refractivity contribution in [2.75, 3.05) is 25.5 Å². The Kier molecular flexibility index (Phi) is 4.42. The third kappa shape index (κ3) is 3.99. The van der Waals surface area contributed by atoms with Crippen LogP contribution in [0.1, 0.15) is 20.8 Å². The first-order valence-electron chi connectivity index (χ1n) is 5.14. The molecule has 2 nitrogen and oxygen atoms in total. The minimum absolute atomic E-state index is 0.0214. The summed E-state index contributed by atoms with van der Waals surface area (Å²) in [6.07, 6.45) is 4.44. The second kappa shape index (κ2) is 5.15. The first-order chi connectivity index (χ1) is 6.53. The quantitative estimate of drug-likeness (QED) is 0.531. The molecule has 1 aliphatic rings. The lowest BCUT2D eigenvalue weighted by molar-refractivity contribution is -0.126. The summed E-state index contributed by atoms with van der Waals surface area (Å²) in [5, 5.41) is 0. The molecule has 1 atom stereocenters. The number of ether oxygens (including phenoxy) is 1. The van der Waals surface area contributed by atoms with Crippen LogP contribution in [-0.2, 0) is 4.74 Å². The van der Waals surface area contributed by atoms with Crippen molar-refractivity contribution in [1.82, 2.24) is 4.90 Å². The predicted molar refractivity (Wildman–Crippen MR) is 60.9 cm³/mol. The molecule has 0 amide bonds. The van der Waals surface area contributed by atoms with Gasteiger partial charge >= 0.3 is 0 Å². The Morgan fingerprint density at radius 1 is 1.50 bits per heavy atom. The molecule has 0 radical (unpaired) electrons. The van der Waals surface area contributed by atoms with Gasteiger partial charge in [-0.05, 0) is 20.8 Å². The highest BCUT2D eigenvalue weighted by Crippen LogP contribution is 2.20. The van der Waals surface area contributed by atoms with Crippen molar-refractivity contribution in [3.8, 4) is 0 Å². The van der Waals surface area contributed by atoms with Crippen molar-refractivity contribution in [2.24, 2.45) is 0 Å². The molecule has 0 N–H and O–H groups in total. The lowest BCUT2D eigenvalue weighted by atomic mass is 10.1. The third-order valence-electron chi connectivity index (χ3n) is 2.26. The van der Waals surface area contributed by atoms with Crippen molar-refractivity contribution in [1.29, 1.82) is 0 Å². The Hall–Kier alpha value is -0.0500. The van der Waals surface area contributed by atoms with E-state index in [2.05, 4.69) is 31.7 Å². The monoisotopic (exact) mass is 217 g/mol. The molecular formula is C11H20ClNO. The van der Waals surface area contributed by atoms with E-state index >= 15 is 0 Å². The van der Waals surface area contributed by atoms with Crippen LogP contribution in [0.15, 0.2) is 12.2 Å².